The lowest BCUT2D eigenvalue weighted by molar-refractivity contribution is 0.0900. The molecule has 2 atom stereocenters. The first-order valence-electron chi connectivity index (χ1n) is 9.26. The third kappa shape index (κ3) is 3.62. The Hall–Kier alpha value is -1.92. The normalized spacial score (nSPS) is 26.0. The van der Waals surface area contributed by atoms with Crippen LogP contribution in [0.5, 0.6) is 0 Å². The standard InChI is InChI=1S/C20H24N2O3S/c23-20(17-9-8-15-6-2-3-7-16(15)12-17)21-18-13-26(24,25)14-19(18)22-10-4-1-5-11-22/h2-3,6-9,12,18-19H,1,4-5,10-11,13-14H2,(H,21,23)/t18-,19-/m1/s1. The number of fused-ring (bicyclic) bond motifs is 1. The molecule has 1 N–H and O–H groups in total. The van der Waals surface area contributed by atoms with Crippen LogP contribution in [0.4, 0.5) is 0 Å². The molecule has 2 aliphatic heterocycles. The van der Waals surface area contributed by atoms with Crippen molar-refractivity contribution in [2.24, 2.45) is 0 Å². The van der Waals surface area contributed by atoms with Crippen LogP contribution < -0.4 is 5.32 Å². The Bertz CT molecular complexity index is 920. The lowest BCUT2D eigenvalue weighted by Gasteiger charge is -2.35. The Labute approximate surface area is 154 Å². The zero-order valence-electron chi connectivity index (χ0n) is 14.7. The molecule has 26 heavy (non-hydrogen) atoms. The molecule has 2 aliphatic rings. The zero-order chi connectivity index (χ0) is 18.1. The van der Waals surface area contributed by atoms with Gasteiger partial charge in [-0.2, -0.15) is 0 Å². The molecule has 2 aromatic carbocycles. The predicted molar refractivity (Wildman–Crippen MR) is 103 cm³/mol. The topological polar surface area (TPSA) is 66.5 Å². The average Bonchev–Trinajstić information content (AvgIpc) is 2.96. The fourth-order valence-corrected chi connectivity index (χ4v) is 6.11. The summed E-state index contributed by atoms with van der Waals surface area (Å²) >= 11 is 0. The van der Waals surface area contributed by atoms with Gasteiger partial charge in [0, 0.05) is 11.6 Å². The van der Waals surface area contributed by atoms with E-state index in [1.165, 1.54) is 6.42 Å². The second-order valence-corrected chi connectivity index (χ2v) is 9.54. The summed E-state index contributed by atoms with van der Waals surface area (Å²) in [5, 5.41) is 5.09. The van der Waals surface area contributed by atoms with Gasteiger partial charge in [-0.05, 0) is 48.8 Å². The van der Waals surface area contributed by atoms with E-state index in [-0.39, 0.29) is 29.5 Å². The van der Waals surface area contributed by atoms with Gasteiger partial charge < -0.3 is 5.32 Å². The van der Waals surface area contributed by atoms with Gasteiger partial charge in [0.2, 0.25) is 0 Å². The van der Waals surface area contributed by atoms with E-state index in [0.29, 0.717) is 5.56 Å². The molecule has 138 valence electrons. The molecule has 2 heterocycles. The van der Waals surface area contributed by atoms with Gasteiger partial charge in [0.05, 0.1) is 17.5 Å². The van der Waals surface area contributed by atoms with Crippen molar-refractivity contribution in [2.75, 3.05) is 24.6 Å². The molecule has 0 bridgehead atoms. The summed E-state index contributed by atoms with van der Waals surface area (Å²) in [6.45, 7) is 1.84. The Balaban J connectivity index is 1.54. The number of piperidine rings is 1. The van der Waals surface area contributed by atoms with Crippen LogP contribution in [0.15, 0.2) is 42.5 Å². The van der Waals surface area contributed by atoms with Gasteiger partial charge in [-0.15, -0.1) is 0 Å². The first kappa shape index (κ1) is 17.5. The van der Waals surface area contributed by atoms with Crippen molar-refractivity contribution in [1.82, 2.24) is 10.2 Å². The molecule has 0 unspecified atom stereocenters. The van der Waals surface area contributed by atoms with Crippen LogP contribution in [0.25, 0.3) is 10.8 Å². The fraction of sp³-hybridized carbons (Fsp3) is 0.450. The van der Waals surface area contributed by atoms with Crippen molar-refractivity contribution >= 4 is 26.5 Å². The van der Waals surface area contributed by atoms with Gasteiger partial charge in [-0.1, -0.05) is 36.8 Å². The van der Waals surface area contributed by atoms with Crippen LogP contribution >= 0.6 is 0 Å². The molecule has 5 nitrogen and oxygen atoms in total. The summed E-state index contributed by atoms with van der Waals surface area (Å²) in [4.78, 5) is 15.0. The zero-order valence-corrected chi connectivity index (χ0v) is 15.5. The monoisotopic (exact) mass is 372 g/mol. The Morgan fingerprint density at radius 2 is 1.69 bits per heavy atom. The van der Waals surface area contributed by atoms with E-state index < -0.39 is 9.84 Å². The highest BCUT2D eigenvalue weighted by atomic mass is 32.2. The van der Waals surface area contributed by atoms with Crippen molar-refractivity contribution in [2.45, 2.75) is 31.3 Å². The van der Waals surface area contributed by atoms with Crippen LogP contribution in [0.1, 0.15) is 29.6 Å². The number of carbonyl (C=O) groups excluding carboxylic acids is 1. The maximum atomic E-state index is 12.8. The molecule has 0 spiro atoms. The van der Waals surface area contributed by atoms with Crippen molar-refractivity contribution < 1.29 is 13.2 Å². The van der Waals surface area contributed by atoms with Crippen molar-refractivity contribution in [3.8, 4) is 0 Å². The number of amides is 1. The number of benzene rings is 2. The van der Waals surface area contributed by atoms with Crippen LogP contribution in [-0.2, 0) is 9.84 Å². The van der Waals surface area contributed by atoms with Crippen LogP contribution in [-0.4, -0.2) is 55.9 Å². The van der Waals surface area contributed by atoms with Crippen LogP contribution in [0.2, 0.25) is 0 Å². The minimum absolute atomic E-state index is 0.0352. The van der Waals surface area contributed by atoms with Gasteiger partial charge >= 0.3 is 0 Å². The number of hydrogen-bond acceptors (Lipinski definition) is 4. The SMILES string of the molecule is O=C(N[C@@H]1CS(=O)(=O)C[C@H]1N1CCCCC1)c1ccc2ccccc2c1. The van der Waals surface area contributed by atoms with E-state index in [1.807, 2.05) is 36.4 Å². The Morgan fingerprint density at radius 3 is 2.46 bits per heavy atom. The number of likely N-dealkylation sites (tertiary alicyclic amines) is 1. The maximum absolute atomic E-state index is 12.8. The van der Waals surface area contributed by atoms with Gasteiger partial charge in [0.1, 0.15) is 0 Å². The Kier molecular flexibility index (Phi) is 4.71. The number of carbonyl (C=O) groups is 1. The van der Waals surface area contributed by atoms with E-state index >= 15 is 0 Å². The lowest BCUT2D eigenvalue weighted by atomic mass is 10.0. The second-order valence-electron chi connectivity index (χ2n) is 7.38. The summed E-state index contributed by atoms with van der Waals surface area (Å²) in [5.74, 6) is -0.0109. The summed E-state index contributed by atoms with van der Waals surface area (Å²) < 4.78 is 24.4. The first-order chi connectivity index (χ1) is 12.5. The van der Waals surface area contributed by atoms with E-state index in [0.717, 1.165) is 36.7 Å². The molecule has 0 aliphatic carbocycles. The minimum atomic E-state index is -3.11. The molecular formula is C20H24N2O3S. The third-order valence-corrected chi connectivity index (χ3v) is 7.23. The van der Waals surface area contributed by atoms with E-state index in [2.05, 4.69) is 10.2 Å². The maximum Gasteiger partial charge on any atom is 0.251 e. The van der Waals surface area contributed by atoms with Gasteiger partial charge in [0.15, 0.2) is 9.84 Å². The summed E-state index contributed by atoms with van der Waals surface area (Å²) in [6.07, 6.45) is 3.40. The van der Waals surface area contributed by atoms with Gasteiger partial charge in [-0.25, -0.2) is 8.42 Å². The quantitative estimate of drug-likeness (QED) is 0.897. The van der Waals surface area contributed by atoms with Gasteiger partial charge in [-0.3, -0.25) is 9.69 Å². The Morgan fingerprint density at radius 1 is 0.962 bits per heavy atom. The minimum Gasteiger partial charge on any atom is -0.347 e. The van der Waals surface area contributed by atoms with Crippen LogP contribution in [0, 0.1) is 0 Å². The molecule has 1 amide bonds. The van der Waals surface area contributed by atoms with E-state index in [9.17, 15) is 13.2 Å². The average molecular weight is 372 g/mol. The number of nitrogens with one attached hydrogen (secondary N) is 1. The number of sulfone groups is 1. The molecule has 6 heteroatoms. The van der Waals surface area contributed by atoms with Crippen molar-refractivity contribution in [3.63, 3.8) is 0 Å². The molecule has 4 rings (SSSR count). The fourth-order valence-electron chi connectivity index (χ4n) is 4.16. The van der Waals surface area contributed by atoms with E-state index in [1.54, 1.807) is 6.07 Å². The van der Waals surface area contributed by atoms with E-state index in [4.69, 9.17) is 0 Å². The molecular weight excluding hydrogens is 348 g/mol. The van der Waals surface area contributed by atoms with Crippen molar-refractivity contribution in [3.05, 3.63) is 48.0 Å². The highest BCUT2D eigenvalue weighted by Crippen LogP contribution is 2.23. The lowest BCUT2D eigenvalue weighted by Crippen LogP contribution is -2.52. The largest absolute Gasteiger partial charge is 0.347 e. The molecule has 2 saturated heterocycles. The molecule has 2 aromatic rings. The molecule has 0 saturated carbocycles. The number of rotatable bonds is 3. The first-order valence-corrected chi connectivity index (χ1v) is 11.1. The van der Waals surface area contributed by atoms with Crippen molar-refractivity contribution in [1.29, 1.82) is 0 Å². The number of hydrogen-bond donors (Lipinski definition) is 1. The number of nitrogens with zero attached hydrogens (tertiary/aromatic N) is 1. The summed E-state index contributed by atoms with van der Waals surface area (Å²) in [7, 11) is -3.11. The molecule has 0 radical (unpaired) electrons. The van der Waals surface area contributed by atoms with Gasteiger partial charge in [0.25, 0.3) is 5.91 Å². The smallest absolute Gasteiger partial charge is 0.251 e. The highest BCUT2D eigenvalue weighted by molar-refractivity contribution is 7.91. The molecule has 0 aromatic heterocycles. The predicted octanol–water partition coefficient (Wildman–Crippen LogP) is 2.22. The second kappa shape index (κ2) is 7.00. The highest BCUT2D eigenvalue weighted by Gasteiger charge is 2.41. The van der Waals surface area contributed by atoms with Crippen LogP contribution in [0.3, 0.4) is 0 Å². The summed E-state index contributed by atoms with van der Waals surface area (Å²) in [5.41, 5.74) is 0.574. The molecule has 2 fully saturated rings. The summed E-state index contributed by atoms with van der Waals surface area (Å²) in [6, 6.07) is 13.0. The third-order valence-electron chi connectivity index (χ3n) is 5.51.